The quantitative estimate of drug-likeness (QED) is 0.487. The second kappa shape index (κ2) is 9.56. The highest BCUT2D eigenvalue weighted by Crippen LogP contribution is 2.46. The van der Waals surface area contributed by atoms with Gasteiger partial charge in [0.2, 0.25) is 5.91 Å². The van der Waals surface area contributed by atoms with Gasteiger partial charge in [0, 0.05) is 49.8 Å². The Morgan fingerprint density at radius 2 is 2.05 bits per heavy atom. The molecule has 3 fully saturated rings. The van der Waals surface area contributed by atoms with E-state index in [0.717, 1.165) is 64.9 Å². The summed E-state index contributed by atoms with van der Waals surface area (Å²) in [7, 11) is 1.56. The fourth-order valence-electron chi connectivity index (χ4n) is 5.55. The average molecular weight is 495 g/mol. The number of methoxy groups -OCH3 is 1. The lowest BCUT2D eigenvalue weighted by molar-refractivity contribution is -0.138. The van der Waals surface area contributed by atoms with Crippen molar-refractivity contribution >= 4 is 28.7 Å². The molecule has 1 aliphatic heterocycles. The van der Waals surface area contributed by atoms with Gasteiger partial charge in [-0.25, -0.2) is 9.97 Å². The Labute approximate surface area is 216 Å². The van der Waals surface area contributed by atoms with Crippen molar-refractivity contribution in [3.8, 4) is 17.2 Å². The Morgan fingerprint density at radius 1 is 1.22 bits per heavy atom. The standard InChI is InChI=1S/C29H30N6O2/c1-3-21-13-23(22-8-9-31-15-25(22)32-21)24-12-20(14-30)29(33-28(24)19-6-7-19)34-10-11-35(27(36)17-37-2)26(16-34)18-4-5-18/h3,8-9,12-13,15,18-19,26H,1,4-7,10-11,16-17H2,2H3. The number of carbonyl (C=O) groups is 1. The van der Waals surface area contributed by atoms with Crippen LogP contribution in [0.15, 0.2) is 37.2 Å². The van der Waals surface area contributed by atoms with E-state index >= 15 is 0 Å². The zero-order valence-electron chi connectivity index (χ0n) is 21.1. The molecule has 188 valence electrons. The van der Waals surface area contributed by atoms with Crippen molar-refractivity contribution in [1.29, 1.82) is 5.26 Å². The fourth-order valence-corrected chi connectivity index (χ4v) is 5.55. The Bertz CT molecular complexity index is 1420. The average Bonchev–Trinajstić information content (AvgIpc) is 3.85. The smallest absolute Gasteiger partial charge is 0.248 e. The van der Waals surface area contributed by atoms with E-state index in [1.54, 1.807) is 25.6 Å². The lowest BCUT2D eigenvalue weighted by Gasteiger charge is -2.42. The molecule has 0 bridgehead atoms. The van der Waals surface area contributed by atoms with Crippen molar-refractivity contribution < 1.29 is 9.53 Å². The molecule has 3 aliphatic rings. The number of fused-ring (bicyclic) bond motifs is 1. The van der Waals surface area contributed by atoms with E-state index in [9.17, 15) is 10.1 Å². The van der Waals surface area contributed by atoms with Gasteiger partial charge in [0.15, 0.2) is 0 Å². The molecule has 0 N–H and O–H groups in total. The molecular formula is C29H30N6O2. The van der Waals surface area contributed by atoms with Gasteiger partial charge in [-0.1, -0.05) is 6.58 Å². The number of carbonyl (C=O) groups excluding carboxylic acids is 1. The van der Waals surface area contributed by atoms with Gasteiger partial charge < -0.3 is 14.5 Å². The van der Waals surface area contributed by atoms with Crippen molar-refractivity contribution in [3.63, 3.8) is 0 Å². The van der Waals surface area contributed by atoms with Gasteiger partial charge in [0.05, 0.1) is 34.7 Å². The molecule has 37 heavy (non-hydrogen) atoms. The van der Waals surface area contributed by atoms with E-state index in [4.69, 9.17) is 9.72 Å². The molecule has 4 heterocycles. The van der Waals surface area contributed by atoms with Crippen LogP contribution >= 0.6 is 0 Å². The van der Waals surface area contributed by atoms with Gasteiger partial charge >= 0.3 is 0 Å². The van der Waals surface area contributed by atoms with Crippen LogP contribution in [0.25, 0.3) is 28.1 Å². The summed E-state index contributed by atoms with van der Waals surface area (Å²) >= 11 is 0. The largest absolute Gasteiger partial charge is 0.375 e. The molecule has 1 saturated heterocycles. The number of rotatable bonds is 7. The van der Waals surface area contributed by atoms with E-state index in [-0.39, 0.29) is 18.6 Å². The summed E-state index contributed by atoms with van der Waals surface area (Å²) in [5, 5.41) is 11.2. The normalized spacial score (nSPS) is 19.6. The molecular weight excluding hydrogens is 464 g/mol. The maximum Gasteiger partial charge on any atom is 0.248 e. The van der Waals surface area contributed by atoms with Crippen LogP contribution in [0.3, 0.4) is 0 Å². The number of pyridine rings is 3. The van der Waals surface area contributed by atoms with E-state index in [1.807, 2.05) is 23.1 Å². The fraction of sp³-hybridized carbons (Fsp3) is 0.414. The molecule has 8 heteroatoms. The molecule has 1 atom stereocenters. The first-order valence-electron chi connectivity index (χ1n) is 13.0. The predicted octanol–water partition coefficient (Wildman–Crippen LogP) is 4.16. The van der Waals surface area contributed by atoms with Gasteiger partial charge in [-0.15, -0.1) is 0 Å². The molecule has 1 amide bonds. The maximum absolute atomic E-state index is 12.7. The molecule has 2 saturated carbocycles. The number of hydrogen-bond acceptors (Lipinski definition) is 7. The van der Waals surface area contributed by atoms with E-state index < -0.39 is 0 Å². The third-order valence-electron chi connectivity index (χ3n) is 7.72. The summed E-state index contributed by atoms with van der Waals surface area (Å²) in [5.41, 5.74) is 5.15. The van der Waals surface area contributed by atoms with Gasteiger partial charge in [-0.2, -0.15) is 5.26 Å². The molecule has 0 spiro atoms. The number of nitrogens with zero attached hydrogens (tertiary/aromatic N) is 6. The number of aromatic nitrogens is 3. The Kier molecular flexibility index (Phi) is 6.09. The molecule has 6 rings (SSSR count). The number of ether oxygens (including phenoxy) is 1. The van der Waals surface area contributed by atoms with Crippen LogP contribution < -0.4 is 4.90 Å². The first-order chi connectivity index (χ1) is 18.1. The topological polar surface area (TPSA) is 95.2 Å². The number of hydrogen-bond donors (Lipinski definition) is 0. The van der Waals surface area contributed by atoms with Crippen molar-refractivity contribution in [3.05, 3.63) is 54.1 Å². The molecule has 0 radical (unpaired) electrons. The summed E-state index contributed by atoms with van der Waals surface area (Å²) in [6, 6.07) is 8.56. The third kappa shape index (κ3) is 4.44. The second-order valence-corrected chi connectivity index (χ2v) is 10.2. The van der Waals surface area contributed by atoms with E-state index in [1.165, 1.54) is 0 Å². The SMILES string of the molecule is C=Cc1cc(-c2cc(C#N)c(N3CCN(C(=O)COC)C(C4CC4)C3)nc2C2CC2)c2ccncc2n1. The van der Waals surface area contributed by atoms with Crippen molar-refractivity contribution in [1.82, 2.24) is 19.9 Å². The molecule has 3 aromatic rings. The van der Waals surface area contributed by atoms with Gasteiger partial charge in [0.1, 0.15) is 18.5 Å². The molecule has 0 aromatic carbocycles. The predicted molar refractivity (Wildman–Crippen MR) is 142 cm³/mol. The Hall–Kier alpha value is -3.83. The number of nitriles is 1. The zero-order valence-corrected chi connectivity index (χ0v) is 21.1. The minimum Gasteiger partial charge on any atom is -0.375 e. The Balaban J connectivity index is 1.42. The summed E-state index contributed by atoms with van der Waals surface area (Å²) in [6.45, 7) is 5.97. The summed E-state index contributed by atoms with van der Waals surface area (Å²) in [6.07, 6.45) is 9.72. The lowest BCUT2D eigenvalue weighted by atomic mass is 9.95. The van der Waals surface area contributed by atoms with Crippen molar-refractivity contribution in [2.75, 3.05) is 38.3 Å². The third-order valence-corrected chi connectivity index (χ3v) is 7.72. The maximum atomic E-state index is 12.7. The highest BCUT2D eigenvalue weighted by molar-refractivity contribution is 5.96. The van der Waals surface area contributed by atoms with Gasteiger partial charge in [-0.3, -0.25) is 9.78 Å². The first kappa shape index (κ1) is 23.6. The van der Waals surface area contributed by atoms with Crippen LogP contribution in [0, 0.1) is 17.2 Å². The van der Waals surface area contributed by atoms with Crippen LogP contribution in [0.2, 0.25) is 0 Å². The van der Waals surface area contributed by atoms with Crippen LogP contribution in [0.5, 0.6) is 0 Å². The van der Waals surface area contributed by atoms with Crippen LogP contribution in [0.1, 0.15) is 48.6 Å². The summed E-state index contributed by atoms with van der Waals surface area (Å²) < 4.78 is 5.13. The number of amides is 1. The van der Waals surface area contributed by atoms with E-state index in [2.05, 4.69) is 27.5 Å². The molecule has 8 nitrogen and oxygen atoms in total. The number of anilines is 1. The van der Waals surface area contributed by atoms with Crippen molar-refractivity contribution in [2.45, 2.75) is 37.6 Å². The summed E-state index contributed by atoms with van der Waals surface area (Å²) in [5.74, 6) is 1.66. The van der Waals surface area contributed by atoms with E-state index in [0.29, 0.717) is 37.0 Å². The minimum absolute atomic E-state index is 0.0404. The van der Waals surface area contributed by atoms with Crippen LogP contribution in [-0.2, 0) is 9.53 Å². The monoisotopic (exact) mass is 494 g/mol. The Morgan fingerprint density at radius 3 is 2.76 bits per heavy atom. The summed E-state index contributed by atoms with van der Waals surface area (Å²) in [4.78, 5) is 31.0. The van der Waals surface area contributed by atoms with Crippen LogP contribution in [-0.4, -0.2) is 65.2 Å². The highest BCUT2D eigenvalue weighted by Gasteiger charge is 2.41. The molecule has 3 aromatic heterocycles. The molecule has 2 aliphatic carbocycles. The van der Waals surface area contributed by atoms with Gasteiger partial charge in [-0.05, 0) is 61.4 Å². The second-order valence-electron chi connectivity index (χ2n) is 10.2. The highest BCUT2D eigenvalue weighted by atomic mass is 16.5. The molecule has 1 unspecified atom stereocenters. The lowest BCUT2D eigenvalue weighted by Crippen LogP contribution is -2.57. The zero-order chi connectivity index (χ0) is 25.5. The first-order valence-corrected chi connectivity index (χ1v) is 13.0. The minimum atomic E-state index is 0.0404. The van der Waals surface area contributed by atoms with Gasteiger partial charge in [0.25, 0.3) is 0 Å². The van der Waals surface area contributed by atoms with Crippen LogP contribution in [0.4, 0.5) is 5.82 Å². The van der Waals surface area contributed by atoms with Crippen molar-refractivity contribution in [2.24, 2.45) is 5.92 Å². The number of piperazine rings is 1.